The fourth-order valence-electron chi connectivity index (χ4n) is 11.1. The normalized spacial score (nSPS) is 27.8. The van der Waals surface area contributed by atoms with E-state index in [-0.39, 0.29) is 62.5 Å². The van der Waals surface area contributed by atoms with Gasteiger partial charge in [-0.3, -0.25) is 27.8 Å². The number of carbonyl (C=O) groups is 2. The molecule has 84 heavy (non-hydrogen) atoms. The Kier molecular flexibility index (Phi) is 18.9. The zero-order chi connectivity index (χ0) is 59.6. The SMILES string of the molecule is CC(NP(=O)(Oc1ccc(CC2CCCCC2OC(=O)C(C)NP(=O)(Oc2ccccc2Cl)OC(C)C2OC(n3cnc4c(N)ncnc43)[C@H](O)[C@@H]2O)cc1)OC(C)C1OC(n2cnc3c(N)ncnc32)[C@H](O)[C@@H]1O)C(=O)OC1CCCCC1. The highest BCUT2D eigenvalue weighted by molar-refractivity contribution is 7.52. The van der Waals surface area contributed by atoms with Gasteiger partial charge in [0.15, 0.2) is 35.4 Å². The van der Waals surface area contributed by atoms with Gasteiger partial charge in [0.05, 0.1) is 29.9 Å². The van der Waals surface area contributed by atoms with E-state index in [9.17, 15) is 39.1 Å². The van der Waals surface area contributed by atoms with Crippen molar-refractivity contribution >= 4 is 73.0 Å². The van der Waals surface area contributed by atoms with Crippen molar-refractivity contribution in [2.24, 2.45) is 5.92 Å². The molecule has 10 N–H and O–H groups in total. The molecule has 2 saturated carbocycles. The number of nitrogens with zero attached hydrogens (tertiary/aromatic N) is 8. The maximum absolute atomic E-state index is 15.0. The summed E-state index contributed by atoms with van der Waals surface area (Å²) in [6, 6.07) is 10.4. The van der Waals surface area contributed by atoms with Crippen LogP contribution >= 0.6 is 27.1 Å². The molecule has 4 fully saturated rings. The van der Waals surface area contributed by atoms with Gasteiger partial charge in [-0.15, -0.1) is 0 Å². The summed E-state index contributed by atoms with van der Waals surface area (Å²) in [6.45, 7) is 5.84. The Labute approximate surface area is 487 Å². The molecule has 2 aromatic carbocycles. The molecule has 31 heteroatoms. The Bertz CT molecular complexity index is 3380. The predicted molar refractivity (Wildman–Crippen MR) is 300 cm³/mol. The number of carbonyl (C=O) groups excluding carboxylic acids is 2. The van der Waals surface area contributed by atoms with Crippen molar-refractivity contribution in [3.8, 4) is 11.5 Å². The van der Waals surface area contributed by atoms with E-state index >= 15 is 0 Å². The van der Waals surface area contributed by atoms with Crippen LogP contribution in [0, 0.1) is 5.92 Å². The molecule has 454 valence electrons. The zero-order valence-corrected chi connectivity index (χ0v) is 48.9. The number of aliphatic hydroxyl groups is 4. The summed E-state index contributed by atoms with van der Waals surface area (Å²) >= 11 is 6.44. The number of ether oxygens (including phenoxy) is 4. The lowest BCUT2D eigenvalue weighted by Gasteiger charge is -2.33. The van der Waals surface area contributed by atoms with Crippen molar-refractivity contribution in [2.75, 3.05) is 11.5 Å². The van der Waals surface area contributed by atoms with Gasteiger partial charge >= 0.3 is 27.4 Å². The molecule has 6 aromatic rings. The van der Waals surface area contributed by atoms with Crippen molar-refractivity contribution in [2.45, 2.75) is 177 Å². The van der Waals surface area contributed by atoms with E-state index in [0.717, 1.165) is 37.7 Å². The van der Waals surface area contributed by atoms with Crippen LogP contribution in [0.1, 0.15) is 104 Å². The van der Waals surface area contributed by atoms with Crippen LogP contribution in [0.15, 0.2) is 73.8 Å². The standard InChI is InChI=1S/C53H69ClN12O16P2/c1-27(52(71)75-33-13-6-5-7-14-33)63-83(73,79-29(3)44-40(67)42(69)50(77-44)65-25-61-38-46(55)57-23-59-48(38)65)81-34-20-18-31(19-21-34)22-32-12-8-10-16-36(32)76-53(72)28(2)64-84(74,82-37-17-11-9-15-35(37)54)80-30(4)45-41(68)43(70)51(78-45)66-26-62-39-47(56)58-24-60-49(39)66/h9,11,15,17-21,23-30,32-33,36,40-45,50-51,67-70H,5-8,10,12-14,16,22H2,1-4H3,(H,63,73)(H,64,74)(H2,55,57,59)(H2,56,58,60)/t27?,28?,29?,30?,32?,36?,40-,41-,42+,43+,44?,45?,50?,51?,83?,84?/m0/s1. The summed E-state index contributed by atoms with van der Waals surface area (Å²) in [5.74, 6) is -1.36. The Balaban J connectivity index is 0.801. The zero-order valence-electron chi connectivity index (χ0n) is 46.4. The highest BCUT2D eigenvalue weighted by Gasteiger charge is 2.51. The number of fused-ring (bicyclic) bond motifs is 2. The summed E-state index contributed by atoms with van der Waals surface area (Å²) in [5, 5.41) is 50.5. The number of hydrogen-bond acceptors (Lipinski definition) is 24. The second-order valence-electron chi connectivity index (χ2n) is 21.6. The van der Waals surface area contributed by atoms with E-state index in [4.69, 9.17) is 60.1 Å². The first-order valence-corrected chi connectivity index (χ1v) is 31.3. The van der Waals surface area contributed by atoms with Crippen molar-refractivity contribution in [1.82, 2.24) is 49.2 Å². The fraction of sp³-hybridized carbons (Fsp3) is 0.547. The van der Waals surface area contributed by atoms with Crippen molar-refractivity contribution in [1.29, 1.82) is 0 Å². The van der Waals surface area contributed by atoms with Gasteiger partial charge in [-0.2, -0.15) is 10.2 Å². The van der Waals surface area contributed by atoms with E-state index in [0.29, 0.717) is 32.1 Å². The van der Waals surface area contributed by atoms with Crippen LogP contribution in [0.25, 0.3) is 22.3 Å². The molecule has 0 bridgehead atoms. The second kappa shape index (κ2) is 25.9. The maximum atomic E-state index is 15.0. The minimum Gasteiger partial charge on any atom is -0.461 e. The lowest BCUT2D eigenvalue weighted by molar-refractivity contribution is -0.155. The van der Waals surface area contributed by atoms with Crippen molar-refractivity contribution in [3.05, 3.63) is 84.4 Å². The van der Waals surface area contributed by atoms with Crippen LogP contribution in [0.4, 0.5) is 11.6 Å². The van der Waals surface area contributed by atoms with Gasteiger partial charge in [-0.25, -0.2) is 39.0 Å². The molecule has 4 aliphatic rings. The minimum atomic E-state index is -4.63. The number of aliphatic hydroxyl groups excluding tert-OH is 4. The topological polar surface area (TPSA) is 386 Å². The Morgan fingerprint density at radius 1 is 0.655 bits per heavy atom. The van der Waals surface area contributed by atoms with Gasteiger partial charge in [-0.1, -0.05) is 48.7 Å². The van der Waals surface area contributed by atoms with E-state index in [1.54, 1.807) is 36.4 Å². The fourth-order valence-corrected chi connectivity index (χ4v) is 14.7. The average molecular weight is 1230 g/mol. The molecule has 0 spiro atoms. The van der Waals surface area contributed by atoms with Gasteiger partial charge in [0.25, 0.3) is 0 Å². The number of imidazole rings is 2. The van der Waals surface area contributed by atoms with Gasteiger partial charge in [0.2, 0.25) is 0 Å². The monoisotopic (exact) mass is 1230 g/mol. The molecule has 4 aromatic heterocycles. The first kappa shape index (κ1) is 61.1. The predicted octanol–water partition coefficient (Wildman–Crippen LogP) is 5.38. The third kappa shape index (κ3) is 13.5. The largest absolute Gasteiger partial charge is 0.461 e. The van der Waals surface area contributed by atoms with Crippen LogP contribution in [0.5, 0.6) is 11.5 Å². The number of anilines is 2. The number of aromatic nitrogens is 8. The third-order valence-corrected chi connectivity index (χ3v) is 19.3. The average Bonchev–Trinajstić information content (AvgIpc) is 2.24. The molecule has 0 amide bonds. The number of esters is 2. The Morgan fingerprint density at radius 2 is 1.15 bits per heavy atom. The molecule has 16 atom stereocenters. The molecule has 2 aliphatic heterocycles. The third-order valence-electron chi connectivity index (χ3n) is 15.5. The van der Waals surface area contributed by atoms with Gasteiger partial charge in [0, 0.05) is 0 Å². The molecule has 2 saturated heterocycles. The molecular formula is C53H69ClN12O16P2. The van der Waals surface area contributed by atoms with Crippen LogP contribution in [-0.4, -0.2) is 145 Å². The summed E-state index contributed by atoms with van der Waals surface area (Å²) in [7, 11) is -9.21. The number of nitrogen functional groups attached to an aromatic ring is 2. The summed E-state index contributed by atoms with van der Waals surface area (Å²) in [4.78, 5) is 52.3. The van der Waals surface area contributed by atoms with Crippen LogP contribution in [0.3, 0.4) is 0 Å². The lowest BCUT2D eigenvalue weighted by Crippen LogP contribution is -2.42. The Morgan fingerprint density at radius 3 is 1.70 bits per heavy atom. The van der Waals surface area contributed by atoms with Gasteiger partial charge < -0.3 is 59.9 Å². The number of halogens is 1. The molecule has 6 heterocycles. The first-order chi connectivity index (χ1) is 40.2. The highest BCUT2D eigenvalue weighted by atomic mass is 35.5. The van der Waals surface area contributed by atoms with E-state index in [1.807, 2.05) is 0 Å². The molecule has 10 rings (SSSR count). The summed E-state index contributed by atoms with van der Waals surface area (Å²) < 4.78 is 81.0. The smallest absolute Gasteiger partial charge is 0.459 e. The maximum Gasteiger partial charge on any atom is 0.459 e. The molecule has 2 aliphatic carbocycles. The number of nitrogens with two attached hydrogens (primary N) is 2. The minimum absolute atomic E-state index is 0.0402. The summed E-state index contributed by atoms with van der Waals surface area (Å²) in [6.07, 6.45) is -1.86. The quantitative estimate of drug-likeness (QED) is 0.0312. The van der Waals surface area contributed by atoms with Gasteiger partial charge in [0.1, 0.15) is 96.1 Å². The van der Waals surface area contributed by atoms with E-state index in [2.05, 4.69) is 40.1 Å². The first-order valence-electron chi connectivity index (χ1n) is 27.8. The molecular weight excluding hydrogens is 1160 g/mol. The number of nitrogens with one attached hydrogen (secondary N) is 2. The van der Waals surface area contributed by atoms with Gasteiger partial charge in [-0.05, 0) is 115 Å². The van der Waals surface area contributed by atoms with Crippen molar-refractivity contribution < 1.29 is 76.2 Å². The number of para-hydroxylation sites is 1. The number of benzene rings is 2. The highest BCUT2D eigenvalue weighted by Crippen LogP contribution is 2.51. The summed E-state index contributed by atoms with van der Waals surface area (Å²) in [5.41, 5.74) is 13.7. The number of rotatable bonds is 22. The lowest BCUT2D eigenvalue weighted by atomic mass is 9.82. The van der Waals surface area contributed by atoms with Crippen LogP contribution in [-0.2, 0) is 53.1 Å². The van der Waals surface area contributed by atoms with E-state index < -0.39 is 107 Å². The van der Waals surface area contributed by atoms with Crippen molar-refractivity contribution in [3.63, 3.8) is 0 Å². The molecule has 28 nitrogen and oxygen atoms in total. The van der Waals surface area contributed by atoms with Crippen LogP contribution in [0.2, 0.25) is 5.02 Å². The second-order valence-corrected chi connectivity index (χ2v) is 25.3. The number of hydrogen-bond donors (Lipinski definition) is 8. The Hall–Kier alpha value is -5.97. The molecule has 0 radical (unpaired) electrons. The van der Waals surface area contributed by atoms with Crippen LogP contribution < -0.4 is 30.7 Å². The molecule has 12 unspecified atom stereocenters. The van der Waals surface area contributed by atoms with E-state index in [1.165, 1.54) is 74.3 Å².